The smallest absolute Gasteiger partial charge is 0.165 e. The first-order valence-corrected chi connectivity index (χ1v) is 7.53. The van der Waals surface area contributed by atoms with Crippen LogP contribution in [0.2, 0.25) is 6.32 Å². The number of hydrogen-bond acceptors (Lipinski definition) is 3. The molecule has 0 bridgehead atoms. The molecule has 2 unspecified atom stereocenters. The lowest BCUT2D eigenvalue weighted by Crippen LogP contribution is -2.19. The predicted octanol–water partition coefficient (Wildman–Crippen LogP) is 2.19. The van der Waals surface area contributed by atoms with E-state index in [2.05, 4.69) is 0 Å². The largest absolute Gasteiger partial charge is 0.389 e. The van der Waals surface area contributed by atoms with Crippen molar-refractivity contribution >= 4 is 13.6 Å². The van der Waals surface area contributed by atoms with E-state index in [4.69, 9.17) is 7.85 Å². The summed E-state index contributed by atoms with van der Waals surface area (Å²) in [5, 5.41) is 19.3. The SMILES string of the molecule is [B]CCC/C=C\C[C@H]1C(=O)C(O)C[C@@H]1/C=C/C(O)CC. The minimum atomic E-state index is -0.856. The quantitative estimate of drug-likeness (QED) is 0.406. The van der Waals surface area contributed by atoms with E-state index >= 15 is 0 Å². The molecule has 4 heteroatoms. The Morgan fingerprint density at radius 2 is 2.20 bits per heavy atom. The van der Waals surface area contributed by atoms with Crippen molar-refractivity contribution in [2.75, 3.05) is 0 Å². The molecule has 0 heterocycles. The van der Waals surface area contributed by atoms with Crippen molar-refractivity contribution in [3.05, 3.63) is 24.3 Å². The molecule has 0 saturated heterocycles. The predicted molar refractivity (Wildman–Crippen MR) is 81.6 cm³/mol. The monoisotopic (exact) mass is 276 g/mol. The van der Waals surface area contributed by atoms with Crippen LogP contribution in [0.15, 0.2) is 24.3 Å². The van der Waals surface area contributed by atoms with Crippen LogP contribution in [-0.4, -0.2) is 36.1 Å². The first kappa shape index (κ1) is 17.2. The number of aliphatic hydroxyl groups excluding tert-OH is 2. The number of carbonyl (C=O) groups is 1. The van der Waals surface area contributed by atoms with Gasteiger partial charge in [0, 0.05) is 5.92 Å². The van der Waals surface area contributed by atoms with Gasteiger partial charge in [-0.05, 0) is 31.6 Å². The Morgan fingerprint density at radius 1 is 1.45 bits per heavy atom. The van der Waals surface area contributed by atoms with Gasteiger partial charge in [-0.1, -0.05) is 44.0 Å². The second-order valence-corrected chi connectivity index (χ2v) is 5.42. The zero-order chi connectivity index (χ0) is 15.0. The van der Waals surface area contributed by atoms with Gasteiger partial charge in [0.25, 0.3) is 0 Å². The van der Waals surface area contributed by atoms with Crippen LogP contribution >= 0.6 is 0 Å². The molecular formula is C16H25BO3. The van der Waals surface area contributed by atoms with Crippen LogP contribution in [0.4, 0.5) is 0 Å². The van der Waals surface area contributed by atoms with E-state index in [1.54, 1.807) is 6.08 Å². The highest BCUT2D eigenvalue weighted by Crippen LogP contribution is 2.33. The lowest BCUT2D eigenvalue weighted by molar-refractivity contribution is -0.127. The number of aliphatic hydroxyl groups is 2. The van der Waals surface area contributed by atoms with Crippen molar-refractivity contribution in [2.45, 2.75) is 57.6 Å². The topological polar surface area (TPSA) is 57.5 Å². The number of carbonyl (C=O) groups excluding carboxylic acids is 1. The summed E-state index contributed by atoms with van der Waals surface area (Å²) in [6.45, 7) is 1.90. The van der Waals surface area contributed by atoms with E-state index in [0.717, 1.165) is 12.8 Å². The molecule has 0 amide bonds. The molecule has 0 aromatic rings. The number of Topliss-reactive ketones (excluding diaryl/α,β-unsaturated/α-hetero) is 1. The molecule has 4 atom stereocenters. The molecule has 1 saturated carbocycles. The summed E-state index contributed by atoms with van der Waals surface area (Å²) in [6, 6.07) is 0. The standard InChI is InChI=1S/C16H25BO3/c1-2-13(18)9-8-12-11-15(19)16(20)14(12)7-5-3-4-6-10-17/h3,5,8-9,12-15,18-19H,2,4,6-7,10-11H2,1H3/b5-3-,9-8+/t12-,13?,14+,15?/m0/s1. The molecule has 20 heavy (non-hydrogen) atoms. The average molecular weight is 276 g/mol. The number of unbranched alkanes of at least 4 members (excludes halogenated alkanes) is 1. The van der Waals surface area contributed by atoms with Gasteiger partial charge in [-0.3, -0.25) is 4.79 Å². The van der Waals surface area contributed by atoms with Crippen LogP contribution in [0.25, 0.3) is 0 Å². The van der Waals surface area contributed by atoms with Crippen LogP contribution in [-0.2, 0) is 4.79 Å². The third-order valence-corrected chi connectivity index (χ3v) is 3.84. The molecule has 110 valence electrons. The van der Waals surface area contributed by atoms with Crippen molar-refractivity contribution in [3.63, 3.8) is 0 Å². The highest BCUT2D eigenvalue weighted by molar-refractivity contribution is 6.08. The summed E-state index contributed by atoms with van der Waals surface area (Å²) < 4.78 is 0. The van der Waals surface area contributed by atoms with Gasteiger partial charge in [0.15, 0.2) is 5.78 Å². The van der Waals surface area contributed by atoms with Crippen molar-refractivity contribution in [1.82, 2.24) is 0 Å². The van der Waals surface area contributed by atoms with Gasteiger partial charge < -0.3 is 10.2 Å². The van der Waals surface area contributed by atoms with Gasteiger partial charge in [0.1, 0.15) is 6.10 Å². The second kappa shape index (κ2) is 9.14. The molecule has 2 radical (unpaired) electrons. The van der Waals surface area contributed by atoms with E-state index in [9.17, 15) is 15.0 Å². The molecule has 1 aliphatic rings. The molecule has 0 spiro atoms. The van der Waals surface area contributed by atoms with E-state index in [1.807, 2.05) is 25.2 Å². The Hall–Kier alpha value is -0.865. The first-order valence-electron chi connectivity index (χ1n) is 7.53. The summed E-state index contributed by atoms with van der Waals surface area (Å²) in [5.41, 5.74) is 0. The maximum absolute atomic E-state index is 11.9. The number of ketones is 1. The Morgan fingerprint density at radius 3 is 2.85 bits per heavy atom. The summed E-state index contributed by atoms with van der Waals surface area (Å²) in [6.07, 6.45) is 10.7. The van der Waals surface area contributed by atoms with Crippen molar-refractivity contribution < 1.29 is 15.0 Å². The van der Waals surface area contributed by atoms with Crippen molar-refractivity contribution in [3.8, 4) is 0 Å². The Balaban J connectivity index is 2.56. The van der Waals surface area contributed by atoms with Gasteiger partial charge in [-0.2, -0.15) is 0 Å². The maximum Gasteiger partial charge on any atom is 0.165 e. The van der Waals surface area contributed by atoms with Gasteiger partial charge in [0.2, 0.25) is 0 Å². The third kappa shape index (κ3) is 5.26. The maximum atomic E-state index is 11.9. The fraction of sp³-hybridized carbons (Fsp3) is 0.688. The summed E-state index contributed by atoms with van der Waals surface area (Å²) >= 11 is 0. The zero-order valence-corrected chi connectivity index (χ0v) is 12.2. The number of allylic oxidation sites excluding steroid dienone is 3. The fourth-order valence-electron chi connectivity index (χ4n) is 2.50. The zero-order valence-electron chi connectivity index (χ0n) is 12.2. The van der Waals surface area contributed by atoms with Crippen LogP contribution in [0.5, 0.6) is 0 Å². The Labute approximate surface area is 123 Å². The lowest BCUT2D eigenvalue weighted by atomic mass is 9.91. The van der Waals surface area contributed by atoms with Crippen LogP contribution in [0.1, 0.15) is 39.0 Å². The second-order valence-electron chi connectivity index (χ2n) is 5.42. The first-order chi connectivity index (χ1) is 9.60. The molecular weight excluding hydrogens is 251 g/mol. The minimum Gasteiger partial charge on any atom is -0.389 e. The van der Waals surface area contributed by atoms with Crippen LogP contribution < -0.4 is 0 Å². The highest BCUT2D eigenvalue weighted by atomic mass is 16.3. The van der Waals surface area contributed by atoms with E-state index in [0.29, 0.717) is 25.6 Å². The van der Waals surface area contributed by atoms with Crippen LogP contribution in [0, 0.1) is 11.8 Å². The molecule has 1 aliphatic carbocycles. The Kier molecular flexibility index (Phi) is 7.86. The summed E-state index contributed by atoms with van der Waals surface area (Å²) in [7, 11) is 5.42. The molecule has 0 aliphatic heterocycles. The molecule has 1 rings (SSSR count). The van der Waals surface area contributed by atoms with Crippen LogP contribution in [0.3, 0.4) is 0 Å². The van der Waals surface area contributed by atoms with E-state index < -0.39 is 12.2 Å². The normalized spacial score (nSPS) is 28.8. The highest BCUT2D eigenvalue weighted by Gasteiger charge is 2.38. The van der Waals surface area contributed by atoms with Gasteiger partial charge >= 0.3 is 0 Å². The van der Waals surface area contributed by atoms with Gasteiger partial charge in [-0.15, -0.1) is 0 Å². The fourth-order valence-corrected chi connectivity index (χ4v) is 2.50. The van der Waals surface area contributed by atoms with E-state index in [-0.39, 0.29) is 17.6 Å². The molecule has 0 aromatic carbocycles. The molecule has 2 N–H and O–H groups in total. The van der Waals surface area contributed by atoms with Gasteiger partial charge in [-0.25, -0.2) is 0 Å². The summed E-state index contributed by atoms with van der Waals surface area (Å²) in [4.78, 5) is 11.9. The van der Waals surface area contributed by atoms with E-state index in [1.165, 1.54) is 0 Å². The average Bonchev–Trinajstić information content (AvgIpc) is 2.72. The summed E-state index contributed by atoms with van der Waals surface area (Å²) in [5.74, 6) is -0.216. The molecule has 0 aromatic heterocycles. The molecule has 1 fully saturated rings. The van der Waals surface area contributed by atoms with Gasteiger partial charge in [0.05, 0.1) is 14.0 Å². The lowest BCUT2D eigenvalue weighted by Gasteiger charge is -2.12. The Bertz CT molecular complexity index is 352. The third-order valence-electron chi connectivity index (χ3n) is 3.84. The molecule has 3 nitrogen and oxygen atoms in total. The van der Waals surface area contributed by atoms with Crippen molar-refractivity contribution in [2.24, 2.45) is 11.8 Å². The number of hydrogen-bond donors (Lipinski definition) is 2. The van der Waals surface area contributed by atoms with Crippen molar-refractivity contribution in [1.29, 1.82) is 0 Å². The number of rotatable bonds is 8. The minimum absolute atomic E-state index is 0.0258.